The van der Waals surface area contributed by atoms with E-state index in [1.54, 1.807) is 5.32 Å². The van der Waals surface area contributed by atoms with Crippen molar-refractivity contribution in [3.8, 4) is 5.75 Å². The third-order valence-corrected chi connectivity index (χ3v) is 2.28. The lowest BCUT2D eigenvalue weighted by Gasteiger charge is -2.14. The molecule has 0 aromatic heterocycles. The zero-order valence-corrected chi connectivity index (χ0v) is 10.9. The van der Waals surface area contributed by atoms with E-state index in [1.807, 2.05) is 0 Å². The molecular formula is C12H12F3NO5. The summed E-state index contributed by atoms with van der Waals surface area (Å²) in [5.41, 5.74) is -0.467. The second-order valence-electron chi connectivity index (χ2n) is 3.81. The van der Waals surface area contributed by atoms with Crippen molar-refractivity contribution in [2.75, 3.05) is 25.6 Å². The second kappa shape index (κ2) is 6.93. The Morgan fingerprint density at radius 2 is 1.95 bits per heavy atom. The lowest BCUT2D eigenvalue weighted by atomic mass is 10.2. The quantitative estimate of drug-likeness (QED) is 0.784. The summed E-state index contributed by atoms with van der Waals surface area (Å²) in [5.74, 6) is -3.65. The van der Waals surface area contributed by atoms with E-state index in [0.29, 0.717) is 0 Å². The average Bonchev–Trinajstić information content (AvgIpc) is 2.39. The number of halogens is 3. The molecule has 0 saturated carbocycles. The lowest BCUT2D eigenvalue weighted by molar-refractivity contribution is -0.167. The Morgan fingerprint density at radius 3 is 2.48 bits per heavy atom. The molecule has 21 heavy (non-hydrogen) atoms. The zero-order chi connectivity index (χ0) is 16.0. The molecule has 0 aliphatic rings. The van der Waals surface area contributed by atoms with Crippen molar-refractivity contribution in [1.82, 2.24) is 0 Å². The van der Waals surface area contributed by atoms with Crippen LogP contribution in [0.2, 0.25) is 0 Å². The van der Waals surface area contributed by atoms with Gasteiger partial charge in [0.25, 0.3) is 0 Å². The first-order valence-electron chi connectivity index (χ1n) is 5.63. The molecule has 1 amide bonds. The summed E-state index contributed by atoms with van der Waals surface area (Å²) in [6, 6.07) is 3.09. The maximum atomic E-state index is 12.2. The smallest absolute Gasteiger partial charge is 0.471 e. The van der Waals surface area contributed by atoms with E-state index in [0.717, 1.165) is 18.2 Å². The minimum absolute atomic E-state index is 0.0194. The monoisotopic (exact) mass is 307 g/mol. The van der Waals surface area contributed by atoms with Gasteiger partial charge in [-0.3, -0.25) is 4.79 Å². The Labute approximate surface area is 117 Å². The molecule has 0 bridgehead atoms. The number of carboxylic acid groups (broad SMARTS) is 1. The van der Waals surface area contributed by atoms with Crippen LogP contribution < -0.4 is 10.1 Å². The highest BCUT2D eigenvalue weighted by atomic mass is 19.4. The Hall–Kier alpha value is -2.29. The van der Waals surface area contributed by atoms with E-state index >= 15 is 0 Å². The number of carbonyl (C=O) groups is 2. The Kier molecular flexibility index (Phi) is 5.53. The molecule has 1 aromatic rings. The molecule has 0 fully saturated rings. The van der Waals surface area contributed by atoms with Crippen LogP contribution in [0.1, 0.15) is 10.4 Å². The van der Waals surface area contributed by atoms with Gasteiger partial charge in [-0.1, -0.05) is 0 Å². The maximum absolute atomic E-state index is 12.2. The molecule has 0 unspecified atom stereocenters. The van der Waals surface area contributed by atoms with Crippen molar-refractivity contribution in [2.24, 2.45) is 0 Å². The number of nitrogens with one attached hydrogen (secondary N) is 1. The molecule has 1 rings (SSSR count). The summed E-state index contributed by atoms with van der Waals surface area (Å²) < 4.78 is 46.5. The lowest BCUT2D eigenvalue weighted by Crippen LogP contribution is -2.30. The minimum Gasteiger partial charge on any atom is -0.489 e. The highest BCUT2D eigenvalue weighted by Gasteiger charge is 2.39. The molecule has 0 atom stereocenters. The predicted octanol–water partition coefficient (Wildman–Crippen LogP) is 1.91. The van der Waals surface area contributed by atoms with Crippen molar-refractivity contribution in [3.05, 3.63) is 23.8 Å². The van der Waals surface area contributed by atoms with Crippen LogP contribution in [-0.4, -0.2) is 43.5 Å². The van der Waals surface area contributed by atoms with Crippen LogP contribution >= 0.6 is 0 Å². The van der Waals surface area contributed by atoms with Crippen molar-refractivity contribution in [3.63, 3.8) is 0 Å². The summed E-state index contributed by atoms with van der Waals surface area (Å²) in [5, 5.41) is 10.5. The number of rotatable bonds is 6. The van der Waals surface area contributed by atoms with Crippen LogP contribution in [0.3, 0.4) is 0 Å². The van der Waals surface area contributed by atoms with Gasteiger partial charge >= 0.3 is 18.1 Å². The number of hydrogen-bond donors (Lipinski definition) is 2. The Morgan fingerprint density at radius 1 is 1.29 bits per heavy atom. The number of methoxy groups -OCH3 is 1. The molecular weight excluding hydrogens is 295 g/mol. The zero-order valence-electron chi connectivity index (χ0n) is 10.9. The second-order valence-corrected chi connectivity index (χ2v) is 3.81. The number of carbonyl (C=O) groups excluding carboxylic acids is 1. The van der Waals surface area contributed by atoms with Gasteiger partial charge in [0.15, 0.2) is 0 Å². The number of ether oxygens (including phenoxy) is 2. The first kappa shape index (κ1) is 16.8. The van der Waals surface area contributed by atoms with E-state index in [1.165, 1.54) is 7.11 Å². The normalized spacial score (nSPS) is 11.0. The summed E-state index contributed by atoms with van der Waals surface area (Å²) >= 11 is 0. The van der Waals surface area contributed by atoms with Crippen LogP contribution in [0.4, 0.5) is 18.9 Å². The van der Waals surface area contributed by atoms with E-state index in [-0.39, 0.29) is 30.2 Å². The SMILES string of the molecule is COCCOc1cc(C(=O)O)ccc1NC(=O)C(F)(F)F. The van der Waals surface area contributed by atoms with Gasteiger partial charge in [-0.25, -0.2) is 4.79 Å². The molecule has 1 aromatic carbocycles. The fraction of sp³-hybridized carbons (Fsp3) is 0.333. The first-order valence-corrected chi connectivity index (χ1v) is 5.63. The predicted molar refractivity (Wildman–Crippen MR) is 65.5 cm³/mol. The van der Waals surface area contributed by atoms with Crippen LogP contribution in [0.25, 0.3) is 0 Å². The first-order chi connectivity index (χ1) is 9.75. The Balaban J connectivity index is 3.00. The molecule has 0 radical (unpaired) electrons. The number of aromatic carboxylic acids is 1. The molecule has 116 valence electrons. The third-order valence-electron chi connectivity index (χ3n) is 2.28. The van der Waals surface area contributed by atoms with E-state index < -0.39 is 18.1 Å². The molecule has 0 heterocycles. The summed E-state index contributed by atoms with van der Waals surface area (Å²) in [4.78, 5) is 21.7. The average molecular weight is 307 g/mol. The van der Waals surface area contributed by atoms with Gasteiger partial charge in [-0.05, 0) is 18.2 Å². The topological polar surface area (TPSA) is 84.9 Å². The fourth-order valence-electron chi connectivity index (χ4n) is 1.31. The van der Waals surface area contributed by atoms with E-state index in [9.17, 15) is 22.8 Å². The van der Waals surface area contributed by atoms with Crippen molar-refractivity contribution in [2.45, 2.75) is 6.18 Å². The molecule has 9 heteroatoms. The van der Waals surface area contributed by atoms with Crippen LogP contribution in [0, 0.1) is 0 Å². The van der Waals surface area contributed by atoms with Gasteiger partial charge in [0.1, 0.15) is 12.4 Å². The molecule has 0 aliphatic heterocycles. The van der Waals surface area contributed by atoms with Gasteiger partial charge in [0.2, 0.25) is 0 Å². The molecule has 2 N–H and O–H groups in total. The molecule has 0 spiro atoms. The highest BCUT2D eigenvalue weighted by molar-refractivity contribution is 5.97. The summed E-state index contributed by atoms with van der Waals surface area (Å²) in [6.45, 7) is 0.123. The minimum atomic E-state index is -5.06. The standard InChI is InChI=1S/C12H12F3NO5/c1-20-4-5-21-9-6-7(10(17)18)2-3-8(9)16-11(19)12(13,14)15/h2-3,6H,4-5H2,1H3,(H,16,19)(H,17,18). The number of carboxylic acids is 1. The van der Waals surface area contributed by atoms with E-state index in [2.05, 4.69) is 0 Å². The fourth-order valence-corrected chi connectivity index (χ4v) is 1.31. The summed E-state index contributed by atoms with van der Waals surface area (Å²) in [6.07, 6.45) is -5.06. The molecule has 0 aliphatic carbocycles. The van der Waals surface area contributed by atoms with Gasteiger partial charge in [0.05, 0.1) is 17.9 Å². The van der Waals surface area contributed by atoms with Gasteiger partial charge in [0, 0.05) is 7.11 Å². The number of amides is 1. The van der Waals surface area contributed by atoms with Crippen LogP contribution in [0.5, 0.6) is 5.75 Å². The van der Waals surface area contributed by atoms with Crippen molar-refractivity contribution >= 4 is 17.6 Å². The van der Waals surface area contributed by atoms with Crippen LogP contribution in [0.15, 0.2) is 18.2 Å². The maximum Gasteiger partial charge on any atom is 0.471 e. The molecule has 6 nitrogen and oxygen atoms in total. The third kappa shape index (κ3) is 4.95. The summed E-state index contributed by atoms with van der Waals surface area (Å²) in [7, 11) is 1.39. The highest BCUT2D eigenvalue weighted by Crippen LogP contribution is 2.28. The largest absolute Gasteiger partial charge is 0.489 e. The van der Waals surface area contributed by atoms with Gasteiger partial charge < -0.3 is 19.9 Å². The number of anilines is 1. The number of alkyl halides is 3. The Bertz CT molecular complexity index is 530. The van der Waals surface area contributed by atoms with Crippen molar-refractivity contribution in [1.29, 1.82) is 0 Å². The van der Waals surface area contributed by atoms with Gasteiger partial charge in [-0.15, -0.1) is 0 Å². The van der Waals surface area contributed by atoms with Gasteiger partial charge in [-0.2, -0.15) is 13.2 Å². The van der Waals surface area contributed by atoms with Crippen LogP contribution in [-0.2, 0) is 9.53 Å². The number of benzene rings is 1. The number of hydrogen-bond acceptors (Lipinski definition) is 4. The molecule has 0 saturated heterocycles. The van der Waals surface area contributed by atoms with Crippen molar-refractivity contribution < 1.29 is 37.3 Å². The van der Waals surface area contributed by atoms with E-state index in [4.69, 9.17) is 14.6 Å².